The Labute approximate surface area is 132 Å². The first-order valence-corrected chi connectivity index (χ1v) is 7.88. The van der Waals surface area contributed by atoms with E-state index < -0.39 is 0 Å². The Balaban J connectivity index is 1.75. The molecule has 3 rings (SSSR count). The van der Waals surface area contributed by atoms with E-state index in [1.54, 1.807) is 6.07 Å². The standard InChI is InChI=1S/C17H17BrFNO/c18-13-6-4-12(16(19)8-13)10-21-14-7-5-11-2-1-3-17(20)15(11)9-14/h4-9,17H,1-3,10,20H2/t17-/m0/s1. The summed E-state index contributed by atoms with van der Waals surface area (Å²) in [4.78, 5) is 0. The highest BCUT2D eigenvalue weighted by Gasteiger charge is 2.17. The molecule has 0 saturated heterocycles. The maximum absolute atomic E-state index is 13.8. The summed E-state index contributed by atoms with van der Waals surface area (Å²) in [5.41, 5.74) is 9.15. The van der Waals surface area contributed by atoms with Crippen LogP contribution in [0.15, 0.2) is 40.9 Å². The van der Waals surface area contributed by atoms with E-state index in [-0.39, 0.29) is 18.5 Å². The van der Waals surface area contributed by atoms with Crippen LogP contribution in [0.4, 0.5) is 4.39 Å². The first-order chi connectivity index (χ1) is 10.1. The van der Waals surface area contributed by atoms with E-state index in [1.165, 1.54) is 11.6 Å². The number of halogens is 2. The summed E-state index contributed by atoms with van der Waals surface area (Å²) in [5.74, 6) is 0.479. The smallest absolute Gasteiger partial charge is 0.130 e. The minimum absolute atomic E-state index is 0.0849. The summed E-state index contributed by atoms with van der Waals surface area (Å²) in [6.45, 7) is 0.215. The summed E-state index contributed by atoms with van der Waals surface area (Å²) in [6.07, 6.45) is 3.22. The maximum Gasteiger partial charge on any atom is 0.130 e. The first kappa shape index (κ1) is 14.5. The van der Waals surface area contributed by atoms with E-state index >= 15 is 0 Å². The minimum atomic E-state index is -0.265. The monoisotopic (exact) mass is 349 g/mol. The van der Waals surface area contributed by atoms with Crippen LogP contribution in [-0.2, 0) is 13.0 Å². The Morgan fingerprint density at radius 1 is 1.24 bits per heavy atom. The molecule has 2 N–H and O–H groups in total. The molecule has 2 aromatic rings. The fourth-order valence-electron chi connectivity index (χ4n) is 2.70. The van der Waals surface area contributed by atoms with Crippen molar-refractivity contribution in [2.45, 2.75) is 31.9 Å². The van der Waals surface area contributed by atoms with Gasteiger partial charge in [0.2, 0.25) is 0 Å². The van der Waals surface area contributed by atoms with Gasteiger partial charge in [-0.05, 0) is 54.7 Å². The lowest BCUT2D eigenvalue weighted by molar-refractivity contribution is 0.299. The van der Waals surface area contributed by atoms with Crippen LogP contribution in [0.1, 0.15) is 35.6 Å². The fraction of sp³-hybridized carbons (Fsp3) is 0.294. The van der Waals surface area contributed by atoms with Gasteiger partial charge in [-0.2, -0.15) is 0 Å². The van der Waals surface area contributed by atoms with Crippen LogP contribution < -0.4 is 10.5 Å². The zero-order valence-corrected chi connectivity index (χ0v) is 13.2. The summed E-state index contributed by atoms with van der Waals surface area (Å²) in [5, 5.41) is 0. The summed E-state index contributed by atoms with van der Waals surface area (Å²) < 4.78 is 20.2. The van der Waals surface area contributed by atoms with Crippen molar-refractivity contribution in [1.82, 2.24) is 0 Å². The lowest BCUT2D eigenvalue weighted by atomic mass is 9.88. The van der Waals surface area contributed by atoms with Crippen molar-refractivity contribution in [2.75, 3.05) is 0 Å². The van der Waals surface area contributed by atoms with Gasteiger partial charge < -0.3 is 10.5 Å². The van der Waals surface area contributed by atoms with Gasteiger partial charge >= 0.3 is 0 Å². The molecule has 0 aliphatic heterocycles. The first-order valence-electron chi connectivity index (χ1n) is 7.08. The average Bonchev–Trinajstić information content (AvgIpc) is 2.47. The molecule has 0 spiro atoms. The van der Waals surface area contributed by atoms with Crippen molar-refractivity contribution in [1.29, 1.82) is 0 Å². The summed E-state index contributed by atoms with van der Waals surface area (Å²) >= 11 is 3.25. The molecule has 2 aromatic carbocycles. The second-order valence-electron chi connectivity index (χ2n) is 5.38. The second kappa shape index (κ2) is 6.16. The molecule has 0 fully saturated rings. The molecule has 0 saturated carbocycles. The molecule has 110 valence electrons. The van der Waals surface area contributed by atoms with E-state index in [2.05, 4.69) is 22.0 Å². The van der Waals surface area contributed by atoms with E-state index in [0.29, 0.717) is 5.56 Å². The van der Waals surface area contributed by atoms with E-state index in [1.807, 2.05) is 18.2 Å². The van der Waals surface area contributed by atoms with Crippen molar-refractivity contribution >= 4 is 15.9 Å². The zero-order valence-electron chi connectivity index (χ0n) is 11.6. The number of aryl methyl sites for hydroxylation is 1. The number of rotatable bonds is 3. The van der Waals surface area contributed by atoms with Crippen LogP contribution in [0.3, 0.4) is 0 Å². The molecule has 21 heavy (non-hydrogen) atoms. The van der Waals surface area contributed by atoms with Gasteiger partial charge in [-0.3, -0.25) is 0 Å². The van der Waals surface area contributed by atoms with Crippen molar-refractivity contribution in [2.24, 2.45) is 5.73 Å². The van der Waals surface area contributed by atoms with E-state index in [4.69, 9.17) is 10.5 Å². The molecule has 0 heterocycles. The highest BCUT2D eigenvalue weighted by molar-refractivity contribution is 9.10. The third-order valence-electron chi connectivity index (χ3n) is 3.89. The van der Waals surface area contributed by atoms with Crippen molar-refractivity contribution in [3.8, 4) is 5.75 Å². The molecule has 1 atom stereocenters. The molecular weight excluding hydrogens is 333 g/mol. The largest absolute Gasteiger partial charge is 0.489 e. The van der Waals surface area contributed by atoms with Crippen LogP contribution in [-0.4, -0.2) is 0 Å². The zero-order chi connectivity index (χ0) is 14.8. The predicted octanol–water partition coefficient (Wildman–Crippen LogP) is 4.50. The van der Waals surface area contributed by atoms with Crippen LogP contribution in [0, 0.1) is 5.82 Å². The predicted molar refractivity (Wildman–Crippen MR) is 84.7 cm³/mol. The SMILES string of the molecule is N[C@H]1CCCc2ccc(OCc3ccc(Br)cc3F)cc21. The lowest BCUT2D eigenvalue weighted by Crippen LogP contribution is -2.17. The number of hydrogen-bond acceptors (Lipinski definition) is 2. The number of fused-ring (bicyclic) bond motifs is 1. The third-order valence-corrected chi connectivity index (χ3v) is 4.38. The summed E-state index contributed by atoms with van der Waals surface area (Å²) in [7, 11) is 0. The molecular formula is C17H17BrFNO. The number of hydrogen-bond donors (Lipinski definition) is 1. The Bertz CT molecular complexity index is 659. The average molecular weight is 350 g/mol. The quantitative estimate of drug-likeness (QED) is 0.884. The van der Waals surface area contributed by atoms with Gasteiger partial charge in [0.15, 0.2) is 0 Å². The van der Waals surface area contributed by atoms with E-state index in [9.17, 15) is 4.39 Å². The van der Waals surface area contributed by atoms with Crippen LogP contribution >= 0.6 is 15.9 Å². The maximum atomic E-state index is 13.8. The Morgan fingerprint density at radius 3 is 2.90 bits per heavy atom. The normalized spacial score (nSPS) is 17.4. The van der Waals surface area contributed by atoms with Crippen molar-refractivity contribution in [3.63, 3.8) is 0 Å². The molecule has 1 aliphatic rings. The minimum Gasteiger partial charge on any atom is -0.489 e. The third kappa shape index (κ3) is 3.27. The molecule has 0 aromatic heterocycles. The molecule has 0 bridgehead atoms. The Hall–Kier alpha value is -1.39. The molecule has 1 aliphatic carbocycles. The highest BCUT2D eigenvalue weighted by atomic mass is 79.9. The van der Waals surface area contributed by atoms with Crippen LogP contribution in [0.2, 0.25) is 0 Å². The van der Waals surface area contributed by atoms with Crippen molar-refractivity contribution < 1.29 is 9.13 Å². The molecule has 0 radical (unpaired) electrons. The number of ether oxygens (including phenoxy) is 1. The molecule has 2 nitrogen and oxygen atoms in total. The van der Waals surface area contributed by atoms with Crippen molar-refractivity contribution in [3.05, 3.63) is 63.4 Å². The lowest BCUT2D eigenvalue weighted by Gasteiger charge is -2.22. The van der Waals surface area contributed by atoms with Crippen LogP contribution in [0.25, 0.3) is 0 Å². The Kier molecular flexibility index (Phi) is 4.27. The van der Waals surface area contributed by atoms with Crippen LogP contribution in [0.5, 0.6) is 5.75 Å². The summed E-state index contributed by atoms with van der Waals surface area (Å²) in [6, 6.07) is 11.1. The van der Waals surface area contributed by atoms with Gasteiger partial charge in [0, 0.05) is 16.1 Å². The Morgan fingerprint density at radius 2 is 2.10 bits per heavy atom. The molecule has 4 heteroatoms. The van der Waals surface area contributed by atoms with Gasteiger partial charge in [0.25, 0.3) is 0 Å². The van der Waals surface area contributed by atoms with Gasteiger partial charge in [-0.25, -0.2) is 4.39 Å². The molecule has 0 unspecified atom stereocenters. The van der Waals surface area contributed by atoms with Gasteiger partial charge in [0.05, 0.1) is 0 Å². The van der Waals surface area contributed by atoms with Gasteiger partial charge in [-0.1, -0.05) is 28.1 Å². The number of nitrogens with two attached hydrogens (primary N) is 1. The number of benzene rings is 2. The molecule has 0 amide bonds. The fourth-order valence-corrected chi connectivity index (χ4v) is 3.04. The van der Waals surface area contributed by atoms with Gasteiger partial charge in [-0.15, -0.1) is 0 Å². The van der Waals surface area contributed by atoms with Gasteiger partial charge in [0.1, 0.15) is 18.2 Å². The van der Waals surface area contributed by atoms with E-state index in [0.717, 1.165) is 35.0 Å². The highest BCUT2D eigenvalue weighted by Crippen LogP contribution is 2.31. The topological polar surface area (TPSA) is 35.2 Å². The second-order valence-corrected chi connectivity index (χ2v) is 6.30.